The number of hydrogen-bond acceptors (Lipinski definition) is 6. The summed E-state index contributed by atoms with van der Waals surface area (Å²) < 4.78 is 12.2. The van der Waals surface area contributed by atoms with E-state index in [0.717, 1.165) is 12.2 Å². The fourth-order valence-electron chi connectivity index (χ4n) is 2.59. The molecule has 2 aromatic rings. The van der Waals surface area contributed by atoms with Gasteiger partial charge in [0.2, 0.25) is 0 Å². The van der Waals surface area contributed by atoms with Crippen molar-refractivity contribution >= 4 is 17.3 Å². The normalized spacial score (nSPS) is 18.6. The summed E-state index contributed by atoms with van der Waals surface area (Å²) in [6.45, 7) is 4.10. The summed E-state index contributed by atoms with van der Waals surface area (Å²) in [5.41, 5.74) is 2.10. The number of esters is 1. The minimum absolute atomic E-state index is 0.00906. The Morgan fingerprint density at radius 1 is 1.59 bits per heavy atom. The number of ether oxygens (including phenoxy) is 2. The standard InChI is InChI=1S/C15H19N3O4/c1-2-21-15(20)13-8-16-14-7-11(3-4-18(13)14)17-5-6-22-12(9-17)10-19/h3-4,7-8,12,19H,2,5-6,9-10H2,1H3/t12-/m1/s1. The first-order chi connectivity index (χ1) is 10.7. The number of fused-ring (bicyclic) bond motifs is 1. The number of pyridine rings is 1. The van der Waals surface area contributed by atoms with Crippen LogP contribution in [0.2, 0.25) is 0 Å². The Bertz CT molecular complexity index is 670. The minimum Gasteiger partial charge on any atom is -0.461 e. The highest BCUT2D eigenvalue weighted by Crippen LogP contribution is 2.20. The predicted molar refractivity (Wildman–Crippen MR) is 80.2 cm³/mol. The van der Waals surface area contributed by atoms with Crippen molar-refractivity contribution in [1.29, 1.82) is 0 Å². The van der Waals surface area contributed by atoms with Gasteiger partial charge in [0.1, 0.15) is 5.65 Å². The quantitative estimate of drug-likeness (QED) is 0.838. The highest BCUT2D eigenvalue weighted by Gasteiger charge is 2.21. The van der Waals surface area contributed by atoms with E-state index < -0.39 is 0 Å². The number of rotatable bonds is 4. The Hall–Kier alpha value is -2.12. The predicted octanol–water partition coefficient (Wildman–Crippen LogP) is 0.708. The average molecular weight is 305 g/mol. The second kappa shape index (κ2) is 6.33. The lowest BCUT2D eigenvalue weighted by Crippen LogP contribution is -2.44. The number of imidazole rings is 1. The van der Waals surface area contributed by atoms with Crippen LogP contribution in [0.5, 0.6) is 0 Å². The Balaban J connectivity index is 1.86. The van der Waals surface area contributed by atoms with Crippen molar-refractivity contribution in [2.75, 3.05) is 37.8 Å². The van der Waals surface area contributed by atoms with Crippen LogP contribution >= 0.6 is 0 Å². The maximum Gasteiger partial charge on any atom is 0.356 e. The van der Waals surface area contributed by atoms with E-state index in [1.165, 1.54) is 6.20 Å². The Morgan fingerprint density at radius 3 is 3.23 bits per heavy atom. The average Bonchev–Trinajstić information content (AvgIpc) is 2.98. The largest absolute Gasteiger partial charge is 0.461 e. The fourth-order valence-corrected chi connectivity index (χ4v) is 2.59. The van der Waals surface area contributed by atoms with E-state index in [0.29, 0.717) is 31.1 Å². The molecule has 3 heterocycles. The molecule has 1 aliphatic heterocycles. The molecule has 0 amide bonds. The summed E-state index contributed by atoms with van der Waals surface area (Å²) in [6.07, 6.45) is 3.17. The highest BCUT2D eigenvalue weighted by atomic mass is 16.5. The van der Waals surface area contributed by atoms with Gasteiger partial charge in [0.15, 0.2) is 5.69 Å². The van der Waals surface area contributed by atoms with Crippen molar-refractivity contribution in [2.24, 2.45) is 0 Å². The van der Waals surface area contributed by atoms with Crippen LogP contribution in [-0.2, 0) is 9.47 Å². The molecule has 0 saturated carbocycles. The van der Waals surface area contributed by atoms with E-state index in [-0.39, 0.29) is 18.7 Å². The number of aromatic nitrogens is 2. The van der Waals surface area contributed by atoms with Crippen LogP contribution < -0.4 is 4.90 Å². The van der Waals surface area contributed by atoms with Crippen LogP contribution in [0.25, 0.3) is 5.65 Å². The van der Waals surface area contributed by atoms with Gasteiger partial charge in [-0.2, -0.15) is 0 Å². The highest BCUT2D eigenvalue weighted by molar-refractivity contribution is 5.88. The first-order valence-corrected chi connectivity index (χ1v) is 7.34. The molecule has 0 radical (unpaired) electrons. The summed E-state index contributed by atoms with van der Waals surface area (Å²) >= 11 is 0. The first kappa shape index (κ1) is 14.8. The summed E-state index contributed by atoms with van der Waals surface area (Å²) in [7, 11) is 0. The van der Waals surface area contributed by atoms with E-state index in [1.807, 2.05) is 18.3 Å². The van der Waals surface area contributed by atoms with E-state index in [2.05, 4.69) is 9.88 Å². The van der Waals surface area contributed by atoms with Gasteiger partial charge in [-0.05, 0) is 13.0 Å². The third kappa shape index (κ3) is 2.77. The molecule has 2 aromatic heterocycles. The number of carbonyl (C=O) groups excluding carboxylic acids is 1. The van der Waals surface area contributed by atoms with E-state index in [1.54, 1.807) is 11.3 Å². The van der Waals surface area contributed by atoms with Gasteiger partial charge in [0.25, 0.3) is 0 Å². The summed E-state index contributed by atoms with van der Waals surface area (Å²) in [6, 6.07) is 3.85. The van der Waals surface area contributed by atoms with Crippen molar-refractivity contribution in [1.82, 2.24) is 9.38 Å². The second-order valence-corrected chi connectivity index (χ2v) is 5.10. The molecule has 0 bridgehead atoms. The smallest absolute Gasteiger partial charge is 0.356 e. The van der Waals surface area contributed by atoms with Crippen molar-refractivity contribution < 1.29 is 19.4 Å². The molecule has 1 N–H and O–H groups in total. The number of hydrogen-bond donors (Lipinski definition) is 1. The molecular weight excluding hydrogens is 286 g/mol. The molecule has 0 unspecified atom stereocenters. The Labute approximate surface area is 128 Å². The van der Waals surface area contributed by atoms with E-state index in [9.17, 15) is 9.90 Å². The second-order valence-electron chi connectivity index (χ2n) is 5.10. The minimum atomic E-state index is -0.380. The number of carbonyl (C=O) groups is 1. The van der Waals surface area contributed by atoms with Crippen LogP contribution in [-0.4, -0.2) is 59.5 Å². The zero-order valence-corrected chi connectivity index (χ0v) is 12.4. The Morgan fingerprint density at radius 2 is 2.45 bits per heavy atom. The molecule has 3 rings (SSSR count). The topological polar surface area (TPSA) is 76.3 Å². The molecule has 1 fully saturated rings. The zero-order chi connectivity index (χ0) is 15.5. The van der Waals surface area contributed by atoms with Gasteiger partial charge < -0.3 is 19.5 Å². The molecule has 22 heavy (non-hydrogen) atoms. The van der Waals surface area contributed by atoms with Crippen LogP contribution in [0.3, 0.4) is 0 Å². The van der Waals surface area contributed by atoms with Crippen molar-refractivity contribution in [3.8, 4) is 0 Å². The van der Waals surface area contributed by atoms with Gasteiger partial charge in [0, 0.05) is 31.0 Å². The molecule has 1 atom stereocenters. The van der Waals surface area contributed by atoms with Crippen LogP contribution in [0.4, 0.5) is 5.69 Å². The molecule has 118 valence electrons. The third-order valence-electron chi connectivity index (χ3n) is 3.69. The van der Waals surface area contributed by atoms with Gasteiger partial charge in [-0.1, -0.05) is 0 Å². The lowest BCUT2D eigenvalue weighted by molar-refractivity contribution is 0.00357. The number of morpholine rings is 1. The summed E-state index contributed by atoms with van der Waals surface area (Å²) in [4.78, 5) is 18.3. The molecule has 7 nitrogen and oxygen atoms in total. The maximum absolute atomic E-state index is 11.9. The lowest BCUT2D eigenvalue weighted by atomic mass is 10.2. The third-order valence-corrected chi connectivity index (χ3v) is 3.69. The maximum atomic E-state index is 11.9. The molecule has 0 aromatic carbocycles. The number of aliphatic hydroxyl groups is 1. The fraction of sp³-hybridized carbons (Fsp3) is 0.467. The van der Waals surface area contributed by atoms with Crippen LogP contribution in [0.15, 0.2) is 24.5 Å². The first-order valence-electron chi connectivity index (χ1n) is 7.34. The number of anilines is 1. The molecular formula is C15H19N3O4. The summed E-state index contributed by atoms with van der Waals surface area (Å²) in [5, 5.41) is 9.22. The van der Waals surface area contributed by atoms with Gasteiger partial charge in [0.05, 0.1) is 32.1 Å². The monoisotopic (exact) mass is 305 g/mol. The van der Waals surface area contributed by atoms with E-state index >= 15 is 0 Å². The molecule has 0 spiro atoms. The van der Waals surface area contributed by atoms with Crippen molar-refractivity contribution in [3.63, 3.8) is 0 Å². The molecule has 1 aliphatic rings. The number of nitrogens with zero attached hydrogens (tertiary/aromatic N) is 3. The van der Waals surface area contributed by atoms with Gasteiger partial charge in [-0.3, -0.25) is 4.40 Å². The molecule has 7 heteroatoms. The van der Waals surface area contributed by atoms with Crippen molar-refractivity contribution in [2.45, 2.75) is 13.0 Å². The summed E-state index contributed by atoms with van der Waals surface area (Å²) in [5.74, 6) is -0.380. The van der Waals surface area contributed by atoms with E-state index in [4.69, 9.17) is 9.47 Å². The van der Waals surface area contributed by atoms with Gasteiger partial charge >= 0.3 is 5.97 Å². The lowest BCUT2D eigenvalue weighted by Gasteiger charge is -2.33. The SMILES string of the molecule is CCOC(=O)c1cnc2cc(N3CCO[C@@H](CO)C3)ccn12. The van der Waals surface area contributed by atoms with Gasteiger partial charge in [-0.15, -0.1) is 0 Å². The van der Waals surface area contributed by atoms with Crippen molar-refractivity contribution in [3.05, 3.63) is 30.2 Å². The Kier molecular flexibility index (Phi) is 4.26. The molecule has 1 saturated heterocycles. The zero-order valence-electron chi connectivity index (χ0n) is 12.4. The number of aliphatic hydroxyl groups excluding tert-OH is 1. The molecule has 0 aliphatic carbocycles. The van der Waals surface area contributed by atoms with Gasteiger partial charge in [-0.25, -0.2) is 9.78 Å². The van der Waals surface area contributed by atoms with Crippen LogP contribution in [0, 0.1) is 0 Å². The van der Waals surface area contributed by atoms with Crippen LogP contribution in [0.1, 0.15) is 17.4 Å².